The fourth-order valence-electron chi connectivity index (χ4n) is 4.02. The molecule has 0 bridgehead atoms. The van der Waals surface area contributed by atoms with E-state index in [2.05, 4.69) is 31.2 Å². The minimum Gasteiger partial charge on any atom is -0.361 e. The molecule has 0 radical (unpaired) electrons. The van der Waals surface area contributed by atoms with Gasteiger partial charge >= 0.3 is 0 Å². The molecule has 1 aromatic heterocycles. The van der Waals surface area contributed by atoms with Crippen LogP contribution in [-0.4, -0.2) is 18.2 Å². The summed E-state index contributed by atoms with van der Waals surface area (Å²) in [6, 6.07) is 0. The Hall–Kier alpha value is -0.830. The van der Waals surface area contributed by atoms with E-state index in [1.807, 2.05) is 6.20 Å². The van der Waals surface area contributed by atoms with E-state index < -0.39 is 0 Å². The lowest BCUT2D eigenvalue weighted by atomic mass is 9.54. The van der Waals surface area contributed by atoms with Gasteiger partial charge in [-0.25, -0.2) is 0 Å². The van der Waals surface area contributed by atoms with Crippen LogP contribution in [0.2, 0.25) is 0 Å². The molecule has 16 heavy (non-hydrogen) atoms. The minimum atomic E-state index is 0.126. The van der Waals surface area contributed by atoms with E-state index in [1.165, 1.54) is 12.0 Å². The summed E-state index contributed by atoms with van der Waals surface area (Å²) in [5.41, 5.74) is 1.80. The molecule has 0 aromatic carbocycles. The SMILES string of the molecule is CC1(C)c2oncc2C[C@@]2(C)CNCCC12. The zero-order chi connectivity index (χ0) is 11.4. The first-order valence-electron chi connectivity index (χ1n) is 6.19. The lowest BCUT2D eigenvalue weighted by Crippen LogP contribution is -2.55. The second-order valence-electron chi connectivity index (χ2n) is 6.25. The van der Waals surface area contributed by atoms with Crippen LogP contribution in [0.4, 0.5) is 0 Å². The van der Waals surface area contributed by atoms with Crippen LogP contribution in [-0.2, 0) is 11.8 Å². The third-order valence-corrected chi connectivity index (χ3v) is 4.67. The van der Waals surface area contributed by atoms with Crippen LogP contribution in [0.25, 0.3) is 0 Å². The van der Waals surface area contributed by atoms with Crippen LogP contribution in [0.3, 0.4) is 0 Å². The lowest BCUT2D eigenvalue weighted by molar-refractivity contribution is 0.0406. The Morgan fingerprint density at radius 1 is 1.44 bits per heavy atom. The molecule has 2 heterocycles. The summed E-state index contributed by atoms with van der Waals surface area (Å²) in [5.74, 6) is 1.82. The van der Waals surface area contributed by atoms with E-state index in [1.54, 1.807) is 0 Å². The number of fused-ring (bicyclic) bond motifs is 2. The molecule has 2 aliphatic rings. The Kier molecular flexibility index (Phi) is 2.00. The first-order valence-corrected chi connectivity index (χ1v) is 6.19. The van der Waals surface area contributed by atoms with Crippen LogP contribution in [0.15, 0.2) is 10.7 Å². The van der Waals surface area contributed by atoms with E-state index in [9.17, 15) is 0 Å². The van der Waals surface area contributed by atoms with Gasteiger partial charge in [-0.2, -0.15) is 0 Å². The van der Waals surface area contributed by atoms with Crippen molar-refractivity contribution in [3.8, 4) is 0 Å². The molecule has 1 aliphatic carbocycles. The van der Waals surface area contributed by atoms with Gasteiger partial charge in [0.05, 0.1) is 6.20 Å². The highest BCUT2D eigenvalue weighted by atomic mass is 16.5. The summed E-state index contributed by atoms with van der Waals surface area (Å²) in [6.45, 7) is 9.27. The van der Waals surface area contributed by atoms with Crippen molar-refractivity contribution in [3.05, 3.63) is 17.5 Å². The summed E-state index contributed by atoms with van der Waals surface area (Å²) in [5, 5.41) is 7.53. The smallest absolute Gasteiger partial charge is 0.145 e. The van der Waals surface area contributed by atoms with Gasteiger partial charge < -0.3 is 9.84 Å². The molecule has 1 aromatic rings. The van der Waals surface area contributed by atoms with Crippen molar-refractivity contribution in [2.75, 3.05) is 13.1 Å². The molecule has 3 heteroatoms. The van der Waals surface area contributed by atoms with Crippen molar-refractivity contribution in [2.45, 2.75) is 39.0 Å². The lowest BCUT2D eigenvalue weighted by Gasteiger charge is -2.52. The van der Waals surface area contributed by atoms with Gasteiger partial charge in [0.25, 0.3) is 0 Å². The molecule has 0 amide bonds. The van der Waals surface area contributed by atoms with Gasteiger partial charge in [0, 0.05) is 17.5 Å². The second kappa shape index (κ2) is 3.10. The number of aromatic nitrogens is 1. The zero-order valence-corrected chi connectivity index (χ0v) is 10.3. The number of piperidine rings is 1. The van der Waals surface area contributed by atoms with E-state index in [0.717, 1.165) is 25.3 Å². The summed E-state index contributed by atoms with van der Waals surface area (Å²) < 4.78 is 5.49. The monoisotopic (exact) mass is 220 g/mol. The summed E-state index contributed by atoms with van der Waals surface area (Å²) in [7, 11) is 0. The number of nitrogens with zero attached hydrogens (tertiary/aromatic N) is 1. The first-order chi connectivity index (χ1) is 7.54. The quantitative estimate of drug-likeness (QED) is 0.728. The van der Waals surface area contributed by atoms with E-state index in [4.69, 9.17) is 4.52 Å². The standard InChI is InChI=1S/C13H20N2O/c1-12(2)10-4-5-14-8-13(10,3)6-9-7-15-16-11(9)12/h7,10,14H,4-6,8H2,1-3H3/t10?,13-/m0/s1. The van der Waals surface area contributed by atoms with Crippen LogP contribution >= 0.6 is 0 Å². The largest absolute Gasteiger partial charge is 0.361 e. The molecule has 1 unspecified atom stereocenters. The van der Waals surface area contributed by atoms with Gasteiger partial charge in [0.15, 0.2) is 0 Å². The van der Waals surface area contributed by atoms with Gasteiger partial charge in [-0.1, -0.05) is 25.9 Å². The number of nitrogens with one attached hydrogen (secondary N) is 1. The van der Waals surface area contributed by atoms with E-state index in [0.29, 0.717) is 11.3 Å². The molecular weight excluding hydrogens is 200 g/mol. The Morgan fingerprint density at radius 2 is 2.25 bits per heavy atom. The molecule has 3 rings (SSSR count). The first kappa shape index (κ1) is 10.3. The van der Waals surface area contributed by atoms with Crippen molar-refractivity contribution in [1.29, 1.82) is 0 Å². The van der Waals surface area contributed by atoms with Crippen molar-refractivity contribution in [2.24, 2.45) is 11.3 Å². The Morgan fingerprint density at radius 3 is 3.06 bits per heavy atom. The highest BCUT2D eigenvalue weighted by Gasteiger charge is 2.52. The highest BCUT2D eigenvalue weighted by Crippen LogP contribution is 2.52. The number of rotatable bonds is 0. The summed E-state index contributed by atoms with van der Waals surface area (Å²) in [4.78, 5) is 0. The number of hydrogen-bond acceptors (Lipinski definition) is 3. The van der Waals surface area contributed by atoms with Crippen LogP contribution in [0, 0.1) is 11.3 Å². The molecule has 88 valence electrons. The maximum absolute atomic E-state index is 5.49. The molecular formula is C13H20N2O. The number of hydrogen-bond donors (Lipinski definition) is 1. The van der Waals surface area contributed by atoms with E-state index >= 15 is 0 Å². The van der Waals surface area contributed by atoms with Crippen molar-refractivity contribution >= 4 is 0 Å². The molecule has 1 fully saturated rings. The average Bonchev–Trinajstić information content (AvgIpc) is 2.65. The summed E-state index contributed by atoms with van der Waals surface area (Å²) in [6.07, 6.45) is 4.25. The molecule has 1 N–H and O–H groups in total. The zero-order valence-electron chi connectivity index (χ0n) is 10.3. The maximum atomic E-state index is 5.49. The fraction of sp³-hybridized carbons (Fsp3) is 0.769. The topological polar surface area (TPSA) is 38.1 Å². The van der Waals surface area contributed by atoms with Gasteiger partial charge in [0.1, 0.15) is 5.76 Å². The van der Waals surface area contributed by atoms with Gasteiger partial charge in [-0.3, -0.25) is 0 Å². The van der Waals surface area contributed by atoms with Gasteiger partial charge in [0.2, 0.25) is 0 Å². The molecule has 1 aliphatic heterocycles. The van der Waals surface area contributed by atoms with Crippen molar-refractivity contribution < 1.29 is 4.52 Å². The Balaban J connectivity index is 2.11. The molecule has 1 saturated heterocycles. The molecule has 0 saturated carbocycles. The predicted octanol–water partition coefficient (Wildman–Crippen LogP) is 2.12. The van der Waals surface area contributed by atoms with Crippen LogP contribution < -0.4 is 5.32 Å². The third-order valence-electron chi connectivity index (χ3n) is 4.67. The molecule has 0 spiro atoms. The Bertz CT molecular complexity index is 410. The van der Waals surface area contributed by atoms with Gasteiger partial charge in [-0.15, -0.1) is 0 Å². The van der Waals surface area contributed by atoms with Crippen molar-refractivity contribution in [1.82, 2.24) is 10.5 Å². The normalized spacial score (nSPS) is 36.6. The van der Waals surface area contributed by atoms with E-state index in [-0.39, 0.29) is 5.41 Å². The average molecular weight is 220 g/mol. The molecule has 3 nitrogen and oxygen atoms in total. The second-order valence-corrected chi connectivity index (χ2v) is 6.25. The Labute approximate surface area is 96.6 Å². The van der Waals surface area contributed by atoms with Crippen molar-refractivity contribution in [3.63, 3.8) is 0 Å². The highest BCUT2D eigenvalue weighted by molar-refractivity contribution is 5.30. The maximum Gasteiger partial charge on any atom is 0.145 e. The van der Waals surface area contributed by atoms with Gasteiger partial charge in [-0.05, 0) is 30.7 Å². The predicted molar refractivity (Wildman–Crippen MR) is 62.3 cm³/mol. The minimum absolute atomic E-state index is 0.126. The van der Waals surface area contributed by atoms with Crippen LogP contribution in [0.5, 0.6) is 0 Å². The summed E-state index contributed by atoms with van der Waals surface area (Å²) >= 11 is 0. The van der Waals surface area contributed by atoms with Crippen LogP contribution in [0.1, 0.15) is 38.5 Å². The third kappa shape index (κ3) is 1.21. The molecule has 2 atom stereocenters. The fourth-order valence-corrected chi connectivity index (χ4v) is 4.02.